The van der Waals surface area contributed by atoms with E-state index < -0.39 is 0 Å². The van der Waals surface area contributed by atoms with Crippen LogP contribution in [0.2, 0.25) is 8.67 Å². The number of carbonyl (C=O) groups excluding carboxylic acids is 1. The van der Waals surface area contributed by atoms with Crippen molar-refractivity contribution in [2.24, 2.45) is 0 Å². The second kappa shape index (κ2) is 6.70. The summed E-state index contributed by atoms with van der Waals surface area (Å²) in [6, 6.07) is 7.09. The molecule has 0 aliphatic heterocycles. The van der Waals surface area contributed by atoms with Crippen molar-refractivity contribution in [3.63, 3.8) is 0 Å². The van der Waals surface area contributed by atoms with Crippen LogP contribution >= 0.6 is 50.5 Å². The molecule has 0 amide bonds. The third kappa shape index (κ3) is 4.45. The molecule has 2 rings (SSSR count). The first-order valence-electron chi connectivity index (χ1n) is 5.25. The molecule has 0 atom stereocenters. The molecule has 0 saturated heterocycles. The van der Waals surface area contributed by atoms with Crippen molar-refractivity contribution in [1.82, 2.24) is 4.98 Å². The summed E-state index contributed by atoms with van der Waals surface area (Å²) in [5, 5.41) is 0. The van der Waals surface area contributed by atoms with Crippen LogP contribution in [0.5, 0.6) is 0 Å². The highest BCUT2D eigenvalue weighted by Crippen LogP contribution is 2.31. The van der Waals surface area contributed by atoms with Crippen LogP contribution in [0.1, 0.15) is 11.3 Å². The number of hydrogen-bond donors (Lipinski definition) is 0. The van der Waals surface area contributed by atoms with Crippen molar-refractivity contribution in [3.05, 3.63) is 48.8 Å². The second-order valence-corrected chi connectivity index (χ2v) is 6.74. The molecule has 7 heteroatoms. The third-order valence-corrected chi connectivity index (χ3v) is 4.23. The van der Waals surface area contributed by atoms with Crippen LogP contribution in [-0.4, -0.2) is 11.0 Å². The molecule has 100 valence electrons. The first-order chi connectivity index (χ1) is 9.04. The number of halogens is 3. The van der Waals surface area contributed by atoms with Crippen molar-refractivity contribution < 1.29 is 9.53 Å². The lowest BCUT2D eigenvalue weighted by Gasteiger charge is -2.04. The molecular formula is C12H8BrCl2NO2S. The van der Waals surface area contributed by atoms with Crippen molar-refractivity contribution in [1.29, 1.82) is 0 Å². The monoisotopic (exact) mass is 379 g/mol. The summed E-state index contributed by atoms with van der Waals surface area (Å²) in [6.07, 6.45) is 0.107. The van der Waals surface area contributed by atoms with Crippen LogP contribution in [0, 0.1) is 0 Å². The summed E-state index contributed by atoms with van der Waals surface area (Å²) < 4.78 is 6.91. The summed E-state index contributed by atoms with van der Waals surface area (Å²) in [5.41, 5.74) is 1.36. The molecule has 2 aromatic rings. The van der Waals surface area contributed by atoms with Crippen LogP contribution in [0.25, 0.3) is 0 Å². The summed E-state index contributed by atoms with van der Waals surface area (Å²) in [7, 11) is 0. The van der Waals surface area contributed by atoms with Gasteiger partial charge in [0.25, 0.3) is 0 Å². The first-order valence-corrected chi connectivity index (χ1v) is 7.62. The lowest BCUT2D eigenvalue weighted by molar-refractivity contribution is -0.144. The average Bonchev–Trinajstić information content (AvgIpc) is 2.65. The number of esters is 1. The topological polar surface area (TPSA) is 39.2 Å². The van der Waals surface area contributed by atoms with E-state index in [1.54, 1.807) is 18.2 Å². The molecular weight excluding hydrogens is 373 g/mol. The summed E-state index contributed by atoms with van der Waals surface area (Å²) >= 11 is 16.2. The molecule has 0 saturated carbocycles. The Morgan fingerprint density at radius 1 is 1.42 bits per heavy atom. The van der Waals surface area contributed by atoms with E-state index in [1.807, 2.05) is 6.07 Å². The number of rotatable bonds is 4. The van der Waals surface area contributed by atoms with E-state index in [1.165, 1.54) is 11.3 Å². The van der Waals surface area contributed by atoms with Crippen LogP contribution in [0.4, 0.5) is 0 Å². The number of pyridine rings is 1. The summed E-state index contributed by atoms with van der Waals surface area (Å²) in [5.74, 6) is -0.363. The Bertz CT molecular complexity index is 603. The SMILES string of the molecule is O=C(Cc1cc(Cl)sc1Cl)OCc1cccc(Br)n1. The van der Waals surface area contributed by atoms with Gasteiger partial charge in [-0.15, -0.1) is 11.3 Å². The fourth-order valence-electron chi connectivity index (χ4n) is 1.39. The van der Waals surface area contributed by atoms with Gasteiger partial charge in [0.2, 0.25) is 0 Å². The first kappa shape index (κ1) is 14.8. The van der Waals surface area contributed by atoms with E-state index in [-0.39, 0.29) is 19.0 Å². The number of ether oxygens (including phenoxy) is 1. The van der Waals surface area contributed by atoms with Gasteiger partial charge < -0.3 is 4.74 Å². The van der Waals surface area contributed by atoms with Gasteiger partial charge in [-0.1, -0.05) is 29.3 Å². The lowest BCUT2D eigenvalue weighted by atomic mass is 10.2. The molecule has 2 aromatic heterocycles. The predicted octanol–water partition coefficient (Wildman–Crippen LogP) is 4.50. The van der Waals surface area contributed by atoms with Gasteiger partial charge in [-0.3, -0.25) is 4.79 Å². The molecule has 2 heterocycles. The van der Waals surface area contributed by atoms with E-state index >= 15 is 0 Å². The Morgan fingerprint density at radius 2 is 2.21 bits per heavy atom. The Kier molecular flexibility index (Phi) is 5.21. The fourth-order valence-corrected chi connectivity index (χ4v) is 3.25. The van der Waals surface area contributed by atoms with Crippen molar-refractivity contribution in [2.45, 2.75) is 13.0 Å². The highest BCUT2D eigenvalue weighted by Gasteiger charge is 2.12. The Morgan fingerprint density at radius 3 is 2.84 bits per heavy atom. The Labute approximate surface area is 132 Å². The summed E-state index contributed by atoms with van der Waals surface area (Å²) in [6.45, 7) is 0.133. The maximum Gasteiger partial charge on any atom is 0.310 e. The molecule has 0 bridgehead atoms. The van der Waals surface area contributed by atoms with Gasteiger partial charge >= 0.3 is 5.97 Å². The molecule has 0 radical (unpaired) electrons. The van der Waals surface area contributed by atoms with E-state index in [2.05, 4.69) is 20.9 Å². The quantitative estimate of drug-likeness (QED) is 0.579. The highest BCUT2D eigenvalue weighted by atomic mass is 79.9. The minimum Gasteiger partial charge on any atom is -0.459 e. The zero-order chi connectivity index (χ0) is 13.8. The number of carbonyl (C=O) groups is 1. The van der Waals surface area contributed by atoms with Crippen LogP contribution < -0.4 is 0 Å². The van der Waals surface area contributed by atoms with Gasteiger partial charge in [0.15, 0.2) is 0 Å². The molecule has 0 spiro atoms. The van der Waals surface area contributed by atoms with E-state index in [0.29, 0.717) is 24.5 Å². The number of thiophene rings is 1. The second-order valence-electron chi connectivity index (χ2n) is 3.64. The zero-order valence-electron chi connectivity index (χ0n) is 9.53. The van der Waals surface area contributed by atoms with Gasteiger partial charge in [-0.25, -0.2) is 4.98 Å². The third-order valence-electron chi connectivity index (χ3n) is 2.22. The van der Waals surface area contributed by atoms with Gasteiger partial charge in [-0.2, -0.15) is 0 Å². The van der Waals surface area contributed by atoms with Crippen LogP contribution in [0.3, 0.4) is 0 Å². The minimum absolute atomic E-state index is 0.107. The van der Waals surface area contributed by atoms with Crippen molar-refractivity contribution >= 4 is 56.4 Å². The highest BCUT2D eigenvalue weighted by molar-refractivity contribution is 9.10. The molecule has 3 nitrogen and oxygen atoms in total. The molecule has 19 heavy (non-hydrogen) atoms. The smallest absolute Gasteiger partial charge is 0.310 e. The molecule has 0 unspecified atom stereocenters. The predicted molar refractivity (Wildman–Crippen MR) is 79.8 cm³/mol. The molecule has 0 aliphatic carbocycles. The normalized spacial score (nSPS) is 10.5. The maximum absolute atomic E-state index is 11.7. The van der Waals surface area contributed by atoms with E-state index in [4.69, 9.17) is 27.9 Å². The number of hydrogen-bond acceptors (Lipinski definition) is 4. The zero-order valence-corrected chi connectivity index (χ0v) is 13.4. The fraction of sp³-hybridized carbons (Fsp3) is 0.167. The van der Waals surface area contributed by atoms with Crippen molar-refractivity contribution in [2.75, 3.05) is 0 Å². The maximum atomic E-state index is 11.7. The molecule has 0 fully saturated rings. The van der Waals surface area contributed by atoms with Crippen LogP contribution in [-0.2, 0) is 22.6 Å². The van der Waals surface area contributed by atoms with E-state index in [9.17, 15) is 4.79 Å². The molecule has 0 aliphatic rings. The number of aromatic nitrogens is 1. The van der Waals surface area contributed by atoms with Gasteiger partial charge in [0, 0.05) is 0 Å². The van der Waals surface area contributed by atoms with Gasteiger partial charge in [0.1, 0.15) is 11.2 Å². The average molecular weight is 381 g/mol. The summed E-state index contributed by atoms with van der Waals surface area (Å²) in [4.78, 5) is 15.8. The lowest BCUT2D eigenvalue weighted by Crippen LogP contribution is -2.08. The molecule has 0 N–H and O–H groups in total. The molecule has 0 aromatic carbocycles. The standard InChI is InChI=1S/C12H8BrCl2NO2S/c13-9-3-1-2-8(16-9)6-18-11(17)5-7-4-10(14)19-12(7)15/h1-4H,5-6H2. The van der Waals surface area contributed by atoms with Gasteiger partial charge in [-0.05, 0) is 39.7 Å². The van der Waals surface area contributed by atoms with E-state index in [0.717, 1.165) is 0 Å². The largest absolute Gasteiger partial charge is 0.459 e. The van der Waals surface area contributed by atoms with Gasteiger partial charge in [0.05, 0.1) is 20.8 Å². The minimum atomic E-state index is -0.363. The Hall–Kier alpha value is -0.620. The Balaban J connectivity index is 1.90. The van der Waals surface area contributed by atoms with Crippen molar-refractivity contribution in [3.8, 4) is 0 Å². The van der Waals surface area contributed by atoms with Crippen LogP contribution in [0.15, 0.2) is 28.9 Å². The number of nitrogens with zero attached hydrogens (tertiary/aromatic N) is 1.